The minimum atomic E-state index is -0.391. The van der Waals surface area contributed by atoms with Gasteiger partial charge in [-0.2, -0.15) is 0 Å². The molecule has 1 aromatic heterocycles. The lowest BCUT2D eigenvalue weighted by molar-refractivity contribution is 0.0993. The Labute approximate surface area is 162 Å². The van der Waals surface area contributed by atoms with Crippen molar-refractivity contribution in [3.8, 4) is 0 Å². The summed E-state index contributed by atoms with van der Waals surface area (Å²) in [4.78, 5) is 30.9. The van der Waals surface area contributed by atoms with E-state index in [9.17, 15) is 9.59 Å². The van der Waals surface area contributed by atoms with Gasteiger partial charge in [0.1, 0.15) is 5.69 Å². The second-order valence-corrected chi connectivity index (χ2v) is 6.48. The summed E-state index contributed by atoms with van der Waals surface area (Å²) in [6.07, 6.45) is 1.45. The largest absolute Gasteiger partial charge is 0.320 e. The molecule has 0 atom stereocenters. The maximum Gasteiger partial charge on any atom is 0.274 e. The van der Waals surface area contributed by atoms with Crippen molar-refractivity contribution in [3.63, 3.8) is 0 Å². The van der Waals surface area contributed by atoms with Crippen LogP contribution in [0.15, 0.2) is 66.9 Å². The molecule has 1 heterocycles. The van der Waals surface area contributed by atoms with Gasteiger partial charge in [-0.1, -0.05) is 29.8 Å². The maximum absolute atomic E-state index is 12.7. The molecule has 2 aromatic carbocycles. The van der Waals surface area contributed by atoms with E-state index in [4.69, 9.17) is 11.6 Å². The van der Waals surface area contributed by atoms with Crippen LogP contribution in [0.3, 0.4) is 0 Å². The Balaban J connectivity index is 1.80. The highest BCUT2D eigenvalue weighted by Crippen LogP contribution is 2.20. The summed E-state index contributed by atoms with van der Waals surface area (Å²) in [5.74, 6) is -0.613. The van der Waals surface area contributed by atoms with Gasteiger partial charge in [0, 0.05) is 35.2 Å². The summed E-state index contributed by atoms with van der Waals surface area (Å²) < 4.78 is 0. The van der Waals surface area contributed by atoms with Gasteiger partial charge in [0.2, 0.25) is 0 Å². The van der Waals surface area contributed by atoms with Crippen molar-refractivity contribution in [1.82, 2.24) is 4.98 Å². The van der Waals surface area contributed by atoms with Crippen molar-refractivity contribution in [2.75, 3.05) is 17.3 Å². The Morgan fingerprint density at radius 2 is 1.78 bits per heavy atom. The molecule has 0 bridgehead atoms. The van der Waals surface area contributed by atoms with E-state index < -0.39 is 5.91 Å². The van der Waals surface area contributed by atoms with Gasteiger partial charge in [-0.15, -0.1) is 0 Å². The summed E-state index contributed by atoms with van der Waals surface area (Å²) in [5, 5.41) is 3.39. The van der Waals surface area contributed by atoms with Gasteiger partial charge in [0.15, 0.2) is 0 Å². The summed E-state index contributed by atoms with van der Waals surface area (Å²) in [5.41, 5.74) is 2.80. The molecule has 0 aliphatic heterocycles. The molecule has 3 aromatic rings. The molecule has 3 rings (SSSR count). The van der Waals surface area contributed by atoms with Gasteiger partial charge >= 0.3 is 0 Å². The molecule has 0 saturated heterocycles. The van der Waals surface area contributed by atoms with Crippen molar-refractivity contribution in [2.24, 2.45) is 0 Å². The molecule has 27 heavy (non-hydrogen) atoms. The molecule has 0 saturated carbocycles. The third-order valence-electron chi connectivity index (χ3n) is 4.12. The van der Waals surface area contributed by atoms with Crippen LogP contribution in [0.2, 0.25) is 5.02 Å². The van der Waals surface area contributed by atoms with E-state index >= 15 is 0 Å². The third-order valence-corrected chi connectivity index (χ3v) is 4.36. The monoisotopic (exact) mass is 379 g/mol. The number of pyridine rings is 1. The van der Waals surface area contributed by atoms with Crippen molar-refractivity contribution >= 4 is 34.8 Å². The number of aryl methyl sites for hydroxylation is 1. The van der Waals surface area contributed by atoms with Crippen LogP contribution in [-0.4, -0.2) is 23.8 Å². The average molecular weight is 380 g/mol. The lowest BCUT2D eigenvalue weighted by atomic mass is 10.1. The molecule has 0 aliphatic carbocycles. The van der Waals surface area contributed by atoms with Crippen LogP contribution in [0.25, 0.3) is 0 Å². The SMILES string of the molecule is Cc1cc(Cl)ccc1NC(=O)c1cc(C(=O)N(C)c2ccccc2)ccn1. The van der Waals surface area contributed by atoms with Gasteiger partial charge in [-0.25, -0.2) is 0 Å². The Morgan fingerprint density at radius 1 is 1.04 bits per heavy atom. The lowest BCUT2D eigenvalue weighted by Gasteiger charge is -2.17. The Morgan fingerprint density at radius 3 is 2.48 bits per heavy atom. The molecular formula is C21H18ClN3O2. The number of carbonyl (C=O) groups excluding carboxylic acids is 2. The first kappa shape index (κ1) is 18.6. The Hall–Kier alpha value is -3.18. The van der Waals surface area contributed by atoms with Crippen molar-refractivity contribution < 1.29 is 9.59 Å². The predicted molar refractivity (Wildman–Crippen MR) is 108 cm³/mol. The number of nitrogens with one attached hydrogen (secondary N) is 1. The number of aromatic nitrogens is 1. The number of nitrogens with zero attached hydrogens (tertiary/aromatic N) is 2. The number of amides is 2. The van der Waals surface area contributed by atoms with Crippen molar-refractivity contribution in [1.29, 1.82) is 0 Å². The first-order chi connectivity index (χ1) is 13.0. The molecule has 0 unspecified atom stereocenters. The predicted octanol–water partition coefficient (Wildman–Crippen LogP) is 4.57. The van der Waals surface area contributed by atoms with E-state index in [0.717, 1.165) is 11.3 Å². The molecule has 5 nitrogen and oxygen atoms in total. The molecule has 0 radical (unpaired) electrons. The molecule has 0 spiro atoms. The highest BCUT2D eigenvalue weighted by molar-refractivity contribution is 6.30. The first-order valence-electron chi connectivity index (χ1n) is 8.32. The molecule has 6 heteroatoms. The standard InChI is InChI=1S/C21H18ClN3O2/c1-14-12-16(22)8-9-18(14)24-20(26)19-13-15(10-11-23-19)21(27)25(2)17-6-4-3-5-7-17/h3-13H,1-2H3,(H,24,26). The van der Waals surface area contributed by atoms with Crippen LogP contribution in [0.5, 0.6) is 0 Å². The number of carbonyl (C=O) groups is 2. The van der Waals surface area contributed by atoms with E-state index in [-0.39, 0.29) is 11.6 Å². The van der Waals surface area contributed by atoms with Gasteiger partial charge < -0.3 is 10.2 Å². The van der Waals surface area contributed by atoms with Crippen LogP contribution in [0, 0.1) is 6.92 Å². The number of benzene rings is 2. The van der Waals surface area contributed by atoms with Crippen LogP contribution >= 0.6 is 11.6 Å². The summed E-state index contributed by atoms with van der Waals surface area (Å²) in [7, 11) is 1.69. The van der Waals surface area contributed by atoms with E-state index in [1.54, 1.807) is 31.3 Å². The molecule has 0 aliphatic rings. The molecule has 0 fully saturated rings. The van der Waals surface area contributed by atoms with Crippen LogP contribution < -0.4 is 10.2 Å². The normalized spacial score (nSPS) is 10.3. The van der Waals surface area contributed by atoms with Crippen LogP contribution in [0.1, 0.15) is 26.4 Å². The van der Waals surface area contributed by atoms with E-state index in [1.165, 1.54) is 17.2 Å². The highest BCUT2D eigenvalue weighted by Gasteiger charge is 2.16. The van der Waals surface area contributed by atoms with Crippen molar-refractivity contribution in [2.45, 2.75) is 6.92 Å². The number of hydrogen-bond acceptors (Lipinski definition) is 3. The fraction of sp³-hybridized carbons (Fsp3) is 0.0952. The smallest absolute Gasteiger partial charge is 0.274 e. The minimum Gasteiger partial charge on any atom is -0.320 e. The van der Waals surface area contributed by atoms with Gasteiger partial charge in [0.05, 0.1) is 0 Å². The topological polar surface area (TPSA) is 62.3 Å². The molecular weight excluding hydrogens is 362 g/mol. The maximum atomic E-state index is 12.7. The first-order valence-corrected chi connectivity index (χ1v) is 8.70. The quantitative estimate of drug-likeness (QED) is 0.722. The fourth-order valence-electron chi connectivity index (χ4n) is 2.60. The summed E-state index contributed by atoms with van der Waals surface area (Å²) in [6.45, 7) is 1.85. The highest BCUT2D eigenvalue weighted by atomic mass is 35.5. The van der Waals surface area contributed by atoms with Crippen LogP contribution in [-0.2, 0) is 0 Å². The van der Waals surface area contributed by atoms with E-state index in [2.05, 4.69) is 10.3 Å². The molecule has 136 valence electrons. The zero-order valence-electron chi connectivity index (χ0n) is 14.9. The number of anilines is 2. The van der Waals surface area contributed by atoms with E-state index in [1.807, 2.05) is 37.3 Å². The van der Waals surface area contributed by atoms with Gasteiger partial charge in [-0.05, 0) is 55.0 Å². The zero-order chi connectivity index (χ0) is 19.4. The Bertz CT molecular complexity index is 990. The average Bonchev–Trinajstić information content (AvgIpc) is 2.69. The number of hydrogen-bond donors (Lipinski definition) is 1. The van der Waals surface area contributed by atoms with Crippen LogP contribution in [0.4, 0.5) is 11.4 Å². The Kier molecular flexibility index (Phi) is 5.52. The minimum absolute atomic E-state index is 0.164. The summed E-state index contributed by atoms with van der Waals surface area (Å²) in [6, 6.07) is 17.6. The van der Waals surface area contributed by atoms with E-state index in [0.29, 0.717) is 16.3 Å². The second kappa shape index (κ2) is 8.01. The van der Waals surface area contributed by atoms with Gasteiger partial charge in [0.25, 0.3) is 11.8 Å². The molecule has 2 amide bonds. The number of halogens is 1. The fourth-order valence-corrected chi connectivity index (χ4v) is 2.83. The lowest BCUT2D eigenvalue weighted by Crippen LogP contribution is -2.26. The van der Waals surface area contributed by atoms with Crippen molar-refractivity contribution in [3.05, 3.63) is 88.7 Å². The second-order valence-electron chi connectivity index (χ2n) is 6.04. The number of para-hydroxylation sites is 1. The summed E-state index contributed by atoms with van der Waals surface area (Å²) >= 11 is 5.94. The molecule has 1 N–H and O–H groups in total. The third kappa shape index (κ3) is 4.33. The zero-order valence-corrected chi connectivity index (χ0v) is 15.7. The number of rotatable bonds is 4. The van der Waals surface area contributed by atoms with Gasteiger partial charge in [-0.3, -0.25) is 14.6 Å².